The van der Waals surface area contributed by atoms with Crippen LogP contribution < -0.4 is 0 Å². The van der Waals surface area contributed by atoms with Gasteiger partial charge in [-0.15, -0.1) is 6.58 Å². The summed E-state index contributed by atoms with van der Waals surface area (Å²) in [4.78, 5) is 0. The van der Waals surface area contributed by atoms with Crippen LogP contribution in [0.4, 0.5) is 0 Å². The Kier molecular flexibility index (Phi) is 4.53. The van der Waals surface area contributed by atoms with Gasteiger partial charge in [-0.05, 0) is 18.9 Å². The van der Waals surface area contributed by atoms with Gasteiger partial charge in [-0.25, -0.2) is 0 Å². The van der Waals surface area contributed by atoms with Crippen molar-refractivity contribution >= 4 is 0 Å². The van der Waals surface area contributed by atoms with Crippen molar-refractivity contribution in [2.75, 3.05) is 0 Å². The summed E-state index contributed by atoms with van der Waals surface area (Å²) in [5.74, 6) is 0. The average Bonchev–Trinajstić information content (AvgIpc) is 2.17. The summed E-state index contributed by atoms with van der Waals surface area (Å²) in [7, 11) is 0. The Morgan fingerprint density at radius 2 is 1.87 bits per heavy atom. The van der Waals surface area contributed by atoms with E-state index in [0.29, 0.717) is 12.8 Å². The maximum atomic E-state index is 9.81. The Morgan fingerprint density at radius 3 is 2.40 bits per heavy atom. The lowest BCUT2D eigenvalue weighted by Crippen LogP contribution is -2.12. The van der Waals surface area contributed by atoms with Crippen LogP contribution >= 0.6 is 0 Å². The van der Waals surface area contributed by atoms with Crippen molar-refractivity contribution in [3.8, 4) is 0 Å². The summed E-state index contributed by atoms with van der Waals surface area (Å²) in [6.45, 7) is 5.61. The third-order valence-corrected chi connectivity index (χ3v) is 2.26. The molecule has 0 fully saturated rings. The molecule has 0 aliphatic heterocycles. The molecule has 2 heteroatoms. The zero-order chi connectivity index (χ0) is 11.3. The van der Waals surface area contributed by atoms with Gasteiger partial charge < -0.3 is 10.2 Å². The fraction of sp³-hybridized carbons (Fsp3) is 0.385. The molecule has 0 bridgehead atoms. The predicted octanol–water partition coefficient (Wildman–Crippen LogP) is 2.44. The summed E-state index contributed by atoms with van der Waals surface area (Å²) in [5, 5.41) is 19.4. The molecule has 15 heavy (non-hydrogen) atoms. The molecule has 0 unspecified atom stereocenters. The van der Waals surface area contributed by atoms with Gasteiger partial charge in [0.05, 0.1) is 12.2 Å². The molecular formula is C13H18O2. The number of aliphatic hydroxyl groups is 2. The van der Waals surface area contributed by atoms with E-state index in [0.717, 1.165) is 11.1 Å². The van der Waals surface area contributed by atoms with Crippen molar-refractivity contribution in [2.45, 2.75) is 32.0 Å². The zero-order valence-electron chi connectivity index (χ0n) is 9.06. The van der Waals surface area contributed by atoms with E-state index in [-0.39, 0.29) is 0 Å². The Hall–Kier alpha value is -1.12. The quantitative estimate of drug-likeness (QED) is 0.726. The fourth-order valence-electron chi connectivity index (χ4n) is 1.55. The van der Waals surface area contributed by atoms with Gasteiger partial charge in [-0.3, -0.25) is 0 Å². The molecule has 0 aliphatic rings. The van der Waals surface area contributed by atoms with E-state index in [4.69, 9.17) is 0 Å². The van der Waals surface area contributed by atoms with Crippen LogP contribution in [0, 0.1) is 0 Å². The molecular weight excluding hydrogens is 188 g/mol. The number of hydrogen-bond acceptors (Lipinski definition) is 2. The lowest BCUT2D eigenvalue weighted by molar-refractivity contribution is 0.0808. The second-order valence-electron chi connectivity index (χ2n) is 3.98. The highest BCUT2D eigenvalue weighted by molar-refractivity contribution is 5.17. The van der Waals surface area contributed by atoms with Crippen LogP contribution in [0.3, 0.4) is 0 Å². The van der Waals surface area contributed by atoms with E-state index in [1.807, 2.05) is 37.3 Å². The van der Waals surface area contributed by atoms with Crippen LogP contribution in [0.15, 0.2) is 42.5 Å². The third kappa shape index (κ3) is 4.28. The maximum Gasteiger partial charge on any atom is 0.0814 e. The lowest BCUT2D eigenvalue weighted by Gasteiger charge is -2.15. The van der Waals surface area contributed by atoms with Gasteiger partial charge in [0.15, 0.2) is 0 Å². The number of aliphatic hydroxyl groups excluding tert-OH is 2. The highest BCUT2D eigenvalue weighted by Gasteiger charge is 2.13. The van der Waals surface area contributed by atoms with Crippen LogP contribution in [0.25, 0.3) is 0 Å². The highest BCUT2D eigenvalue weighted by atomic mass is 16.3. The van der Waals surface area contributed by atoms with Crippen LogP contribution in [-0.2, 0) is 0 Å². The van der Waals surface area contributed by atoms with Crippen molar-refractivity contribution in [1.29, 1.82) is 0 Å². The molecule has 1 rings (SSSR count). The first-order valence-electron chi connectivity index (χ1n) is 5.15. The molecule has 0 radical (unpaired) electrons. The molecule has 2 atom stereocenters. The molecule has 0 saturated carbocycles. The standard InChI is InChI=1S/C13H18O2/c1-10(2)8-12(14)9-13(15)11-6-4-3-5-7-11/h3-7,12-15H,1,8-9H2,2H3/t12-,13+/m1/s1. The molecule has 0 saturated heterocycles. The molecule has 1 aromatic carbocycles. The van der Waals surface area contributed by atoms with Gasteiger partial charge in [0.2, 0.25) is 0 Å². The van der Waals surface area contributed by atoms with Gasteiger partial charge in [0.25, 0.3) is 0 Å². The highest BCUT2D eigenvalue weighted by Crippen LogP contribution is 2.20. The van der Waals surface area contributed by atoms with E-state index in [2.05, 4.69) is 6.58 Å². The van der Waals surface area contributed by atoms with Crippen molar-refractivity contribution in [3.05, 3.63) is 48.0 Å². The Labute approximate surface area is 90.9 Å². The topological polar surface area (TPSA) is 40.5 Å². The molecule has 0 aliphatic carbocycles. The molecule has 2 nitrogen and oxygen atoms in total. The third-order valence-electron chi connectivity index (χ3n) is 2.26. The van der Waals surface area contributed by atoms with E-state index in [1.165, 1.54) is 0 Å². The molecule has 0 aromatic heterocycles. The Morgan fingerprint density at radius 1 is 1.27 bits per heavy atom. The minimum atomic E-state index is -0.597. The Bertz CT molecular complexity index is 306. The van der Waals surface area contributed by atoms with Crippen LogP contribution in [0.1, 0.15) is 31.4 Å². The van der Waals surface area contributed by atoms with Gasteiger partial charge in [-0.2, -0.15) is 0 Å². The number of benzene rings is 1. The van der Waals surface area contributed by atoms with Crippen molar-refractivity contribution < 1.29 is 10.2 Å². The fourth-order valence-corrected chi connectivity index (χ4v) is 1.55. The van der Waals surface area contributed by atoms with E-state index >= 15 is 0 Å². The molecule has 0 spiro atoms. The first-order valence-corrected chi connectivity index (χ1v) is 5.15. The first kappa shape index (κ1) is 12.0. The minimum absolute atomic E-state index is 0.358. The summed E-state index contributed by atoms with van der Waals surface area (Å²) >= 11 is 0. The first-order chi connectivity index (χ1) is 7.09. The predicted molar refractivity (Wildman–Crippen MR) is 61.5 cm³/mol. The lowest BCUT2D eigenvalue weighted by atomic mass is 10.0. The summed E-state index contributed by atoms with van der Waals surface area (Å²) < 4.78 is 0. The normalized spacial score (nSPS) is 14.6. The number of rotatable bonds is 5. The number of hydrogen-bond donors (Lipinski definition) is 2. The molecule has 82 valence electrons. The molecule has 1 aromatic rings. The van der Waals surface area contributed by atoms with Gasteiger partial charge >= 0.3 is 0 Å². The van der Waals surface area contributed by atoms with E-state index in [1.54, 1.807) is 0 Å². The van der Waals surface area contributed by atoms with Crippen molar-refractivity contribution in [1.82, 2.24) is 0 Å². The summed E-state index contributed by atoms with van der Waals surface area (Å²) in [5.41, 5.74) is 1.78. The van der Waals surface area contributed by atoms with Crippen LogP contribution in [0.2, 0.25) is 0 Å². The summed E-state index contributed by atoms with van der Waals surface area (Å²) in [6.07, 6.45) is -0.209. The Balaban J connectivity index is 2.49. The largest absolute Gasteiger partial charge is 0.393 e. The van der Waals surface area contributed by atoms with E-state index < -0.39 is 12.2 Å². The molecule has 0 amide bonds. The van der Waals surface area contributed by atoms with Gasteiger partial charge in [0.1, 0.15) is 0 Å². The average molecular weight is 206 g/mol. The van der Waals surface area contributed by atoms with Gasteiger partial charge in [0, 0.05) is 6.42 Å². The second kappa shape index (κ2) is 5.69. The monoisotopic (exact) mass is 206 g/mol. The van der Waals surface area contributed by atoms with Crippen molar-refractivity contribution in [2.24, 2.45) is 0 Å². The maximum absolute atomic E-state index is 9.81. The molecule has 0 heterocycles. The van der Waals surface area contributed by atoms with Crippen LogP contribution in [0.5, 0.6) is 0 Å². The van der Waals surface area contributed by atoms with Crippen LogP contribution in [-0.4, -0.2) is 16.3 Å². The minimum Gasteiger partial charge on any atom is -0.393 e. The second-order valence-corrected chi connectivity index (χ2v) is 3.98. The van der Waals surface area contributed by atoms with Gasteiger partial charge in [-0.1, -0.05) is 35.9 Å². The van der Waals surface area contributed by atoms with E-state index in [9.17, 15) is 10.2 Å². The zero-order valence-corrected chi connectivity index (χ0v) is 9.06. The molecule has 2 N–H and O–H groups in total. The van der Waals surface area contributed by atoms with Crippen molar-refractivity contribution in [3.63, 3.8) is 0 Å². The summed E-state index contributed by atoms with van der Waals surface area (Å²) in [6, 6.07) is 9.38. The smallest absolute Gasteiger partial charge is 0.0814 e. The SMILES string of the molecule is C=C(C)C[C@@H](O)C[C@H](O)c1ccccc1.